The zero-order valence-electron chi connectivity index (χ0n) is 19.0. The van der Waals surface area contributed by atoms with E-state index < -0.39 is 51.5 Å². The highest BCUT2D eigenvalue weighted by Crippen LogP contribution is 2.42. The summed E-state index contributed by atoms with van der Waals surface area (Å²) < 4.78 is 44.8. The van der Waals surface area contributed by atoms with Crippen LogP contribution in [-0.2, 0) is 15.8 Å². The number of carbonyl (C=O) groups excluding carboxylic acids is 3. The number of nitrogens with one attached hydrogen (secondary N) is 1. The van der Waals surface area contributed by atoms with E-state index in [1.807, 2.05) is 5.32 Å². The summed E-state index contributed by atoms with van der Waals surface area (Å²) in [6.45, 7) is 0. The van der Waals surface area contributed by atoms with Crippen LogP contribution < -0.4 is 15.0 Å². The Labute approximate surface area is 225 Å². The van der Waals surface area contributed by atoms with Crippen LogP contribution >= 0.6 is 23.2 Å². The Bertz CT molecular complexity index is 1570. The van der Waals surface area contributed by atoms with Crippen molar-refractivity contribution in [1.82, 2.24) is 5.32 Å². The van der Waals surface area contributed by atoms with Gasteiger partial charge in [-0.25, -0.2) is 9.69 Å². The van der Waals surface area contributed by atoms with Crippen LogP contribution in [0.4, 0.5) is 29.3 Å². The highest BCUT2D eigenvalue weighted by atomic mass is 35.5. The molecule has 200 valence electrons. The topological polar surface area (TPSA) is 139 Å². The number of phenols is 1. The Kier molecular flexibility index (Phi) is 7.22. The van der Waals surface area contributed by atoms with E-state index in [0.717, 1.165) is 12.1 Å². The first kappa shape index (κ1) is 27.4. The van der Waals surface area contributed by atoms with Crippen molar-refractivity contribution in [1.29, 1.82) is 0 Å². The van der Waals surface area contributed by atoms with Gasteiger partial charge >= 0.3 is 17.9 Å². The normalized spacial score (nSPS) is 14.9. The molecule has 2 N–H and O–H groups in total. The largest absolute Gasteiger partial charge is 0.508 e. The van der Waals surface area contributed by atoms with E-state index >= 15 is 0 Å². The van der Waals surface area contributed by atoms with E-state index in [-0.39, 0.29) is 38.9 Å². The zero-order chi connectivity index (χ0) is 28.6. The van der Waals surface area contributed by atoms with Crippen LogP contribution in [0.2, 0.25) is 10.0 Å². The molecule has 1 fully saturated rings. The molecule has 4 rings (SSSR count). The number of nitro benzene ring substituents is 1. The summed E-state index contributed by atoms with van der Waals surface area (Å²) >= 11 is 12.3. The Hall–Kier alpha value is -4.62. The molecule has 0 aromatic heterocycles. The Balaban J connectivity index is 1.81. The quantitative estimate of drug-likeness (QED) is 0.161. The number of rotatable bonds is 5. The molecule has 0 atom stereocenters. The maximum Gasteiger partial charge on any atom is 0.416 e. The van der Waals surface area contributed by atoms with E-state index in [2.05, 4.69) is 0 Å². The van der Waals surface area contributed by atoms with E-state index in [0.29, 0.717) is 17.0 Å². The number of ether oxygens (including phenoxy) is 1. The molecule has 1 heterocycles. The van der Waals surface area contributed by atoms with Gasteiger partial charge in [-0.2, -0.15) is 13.2 Å². The number of alkyl halides is 3. The number of imide groups is 2. The number of barbiturate groups is 1. The highest BCUT2D eigenvalue weighted by Gasteiger charge is 2.37. The van der Waals surface area contributed by atoms with Gasteiger partial charge in [-0.15, -0.1) is 0 Å². The summed E-state index contributed by atoms with van der Waals surface area (Å²) in [7, 11) is 0. The molecule has 0 saturated carbocycles. The summed E-state index contributed by atoms with van der Waals surface area (Å²) in [5, 5.41) is 22.7. The first-order chi connectivity index (χ1) is 18.3. The molecule has 3 aromatic carbocycles. The van der Waals surface area contributed by atoms with Crippen LogP contribution in [0.25, 0.3) is 6.08 Å². The number of amides is 4. The summed E-state index contributed by atoms with van der Waals surface area (Å²) in [6, 6.07) is 7.70. The van der Waals surface area contributed by atoms with Crippen LogP contribution in [0.5, 0.6) is 17.2 Å². The number of urea groups is 1. The number of benzene rings is 3. The van der Waals surface area contributed by atoms with Gasteiger partial charge in [-0.1, -0.05) is 23.2 Å². The molecule has 0 unspecified atom stereocenters. The van der Waals surface area contributed by atoms with Crippen molar-refractivity contribution in [3.05, 3.63) is 91.5 Å². The fourth-order valence-corrected chi connectivity index (χ4v) is 4.02. The van der Waals surface area contributed by atoms with Gasteiger partial charge in [0.1, 0.15) is 11.3 Å². The van der Waals surface area contributed by atoms with Crippen molar-refractivity contribution in [2.24, 2.45) is 0 Å². The number of hydrogen-bond acceptors (Lipinski definition) is 7. The monoisotopic (exact) mass is 581 g/mol. The van der Waals surface area contributed by atoms with Gasteiger partial charge in [0.05, 0.1) is 21.2 Å². The summed E-state index contributed by atoms with van der Waals surface area (Å²) in [4.78, 5) is 49.1. The van der Waals surface area contributed by atoms with Crippen LogP contribution in [0.15, 0.2) is 60.2 Å². The molecule has 4 amide bonds. The fraction of sp³-hybridized carbons (Fsp3) is 0.0417. The van der Waals surface area contributed by atoms with Crippen LogP contribution in [0.3, 0.4) is 0 Å². The number of phenolic OH excluding ortho intramolecular Hbond substituents is 1. The lowest BCUT2D eigenvalue weighted by atomic mass is 10.1. The average molecular weight is 582 g/mol. The van der Waals surface area contributed by atoms with Gasteiger partial charge in [0.15, 0.2) is 5.75 Å². The smallest absolute Gasteiger partial charge is 0.416 e. The Morgan fingerprint density at radius 2 is 1.69 bits per heavy atom. The predicted octanol–water partition coefficient (Wildman–Crippen LogP) is 6.08. The van der Waals surface area contributed by atoms with Crippen molar-refractivity contribution in [3.63, 3.8) is 0 Å². The molecule has 0 aliphatic carbocycles. The third-order valence-corrected chi connectivity index (χ3v) is 5.74. The van der Waals surface area contributed by atoms with Gasteiger partial charge in [0.2, 0.25) is 5.75 Å². The molecule has 3 aromatic rings. The lowest BCUT2D eigenvalue weighted by Crippen LogP contribution is -2.54. The van der Waals surface area contributed by atoms with Gasteiger partial charge in [0, 0.05) is 16.7 Å². The van der Waals surface area contributed by atoms with E-state index in [1.165, 1.54) is 30.3 Å². The molecule has 0 radical (unpaired) electrons. The third-order valence-electron chi connectivity index (χ3n) is 5.24. The summed E-state index contributed by atoms with van der Waals surface area (Å²) in [5.74, 6) is -3.36. The van der Waals surface area contributed by atoms with Crippen molar-refractivity contribution in [2.45, 2.75) is 6.18 Å². The standard InChI is InChI=1S/C24H12Cl2F3N3O7/c25-13-7-11(8-16-21(34)30-23(36)31(22(16)35)14-2-4-15(33)5-3-14)20(17(26)10-13)39-19-6-1-12(24(27,28)29)9-18(19)32(37)38/h1-10,33H,(H,30,34,36)/b16-8+. The second-order valence-corrected chi connectivity index (χ2v) is 8.66. The Morgan fingerprint density at radius 3 is 2.31 bits per heavy atom. The molecule has 1 aliphatic heterocycles. The van der Waals surface area contributed by atoms with Crippen LogP contribution in [-0.4, -0.2) is 27.9 Å². The average Bonchev–Trinajstić information content (AvgIpc) is 2.84. The predicted molar refractivity (Wildman–Crippen MR) is 132 cm³/mol. The van der Waals surface area contributed by atoms with E-state index in [1.54, 1.807) is 0 Å². The van der Waals surface area contributed by atoms with Gasteiger partial charge in [-0.3, -0.25) is 25.0 Å². The molecule has 0 bridgehead atoms. The molecule has 15 heteroatoms. The minimum absolute atomic E-state index is 0.00896. The number of nitro groups is 1. The first-order valence-electron chi connectivity index (χ1n) is 10.5. The van der Waals surface area contributed by atoms with Crippen LogP contribution in [0, 0.1) is 10.1 Å². The molecule has 1 aliphatic rings. The maximum absolute atomic E-state index is 13.2. The minimum Gasteiger partial charge on any atom is -0.508 e. The first-order valence-corrected chi connectivity index (χ1v) is 11.2. The number of halogens is 5. The van der Waals surface area contributed by atoms with E-state index in [9.17, 15) is 42.8 Å². The van der Waals surface area contributed by atoms with Gasteiger partial charge < -0.3 is 9.84 Å². The van der Waals surface area contributed by atoms with Gasteiger partial charge in [-0.05, 0) is 54.6 Å². The Morgan fingerprint density at radius 1 is 1.03 bits per heavy atom. The van der Waals surface area contributed by atoms with Crippen molar-refractivity contribution < 1.29 is 42.3 Å². The third kappa shape index (κ3) is 5.63. The maximum atomic E-state index is 13.2. The second-order valence-electron chi connectivity index (χ2n) is 7.82. The molecular weight excluding hydrogens is 570 g/mol. The zero-order valence-corrected chi connectivity index (χ0v) is 20.5. The minimum atomic E-state index is -4.87. The SMILES string of the molecule is O=C1NC(=O)N(c2ccc(O)cc2)C(=O)/C1=C/c1cc(Cl)cc(Cl)c1Oc1ccc(C(F)(F)F)cc1[N+](=O)[O-]. The second kappa shape index (κ2) is 10.3. The number of nitrogens with zero attached hydrogens (tertiary/aromatic N) is 2. The van der Waals surface area contributed by atoms with Crippen LogP contribution in [0.1, 0.15) is 11.1 Å². The lowest BCUT2D eigenvalue weighted by Gasteiger charge is -2.26. The number of carbonyl (C=O) groups is 3. The molecular formula is C24H12Cl2F3N3O7. The number of aromatic hydroxyl groups is 1. The number of hydrogen-bond donors (Lipinski definition) is 2. The molecule has 10 nitrogen and oxygen atoms in total. The number of anilines is 1. The summed E-state index contributed by atoms with van der Waals surface area (Å²) in [5.41, 5.74) is -3.10. The molecule has 0 spiro atoms. The summed E-state index contributed by atoms with van der Waals surface area (Å²) in [6.07, 6.45) is -3.92. The van der Waals surface area contributed by atoms with Crippen molar-refractivity contribution in [2.75, 3.05) is 4.90 Å². The fourth-order valence-electron chi connectivity index (χ4n) is 3.48. The lowest BCUT2D eigenvalue weighted by molar-refractivity contribution is -0.385. The highest BCUT2D eigenvalue weighted by molar-refractivity contribution is 6.40. The van der Waals surface area contributed by atoms with Crippen molar-refractivity contribution in [3.8, 4) is 17.2 Å². The van der Waals surface area contributed by atoms with Crippen molar-refractivity contribution >= 4 is 58.5 Å². The van der Waals surface area contributed by atoms with Gasteiger partial charge in [0.25, 0.3) is 11.8 Å². The van der Waals surface area contributed by atoms with E-state index in [4.69, 9.17) is 27.9 Å². The molecule has 39 heavy (non-hydrogen) atoms. The molecule has 1 saturated heterocycles.